The Bertz CT molecular complexity index is 537. The summed E-state index contributed by atoms with van der Waals surface area (Å²) in [6, 6.07) is 10.2. The molecule has 18 heavy (non-hydrogen) atoms. The zero-order valence-corrected chi connectivity index (χ0v) is 13.7. The van der Waals surface area contributed by atoms with Gasteiger partial charge < -0.3 is 0 Å². The van der Waals surface area contributed by atoms with Crippen molar-refractivity contribution in [3.63, 3.8) is 0 Å². The van der Waals surface area contributed by atoms with Crippen molar-refractivity contribution in [2.45, 2.75) is 26.2 Å². The zero-order valence-electron chi connectivity index (χ0n) is 10.5. The quantitative estimate of drug-likeness (QED) is 0.663. The fourth-order valence-corrected chi connectivity index (χ4v) is 2.72. The second kappa shape index (κ2) is 5.10. The average Bonchev–Trinajstić information content (AvgIpc) is 2.27. The number of halogens is 2. The van der Waals surface area contributed by atoms with E-state index in [0.717, 1.165) is 20.6 Å². The lowest BCUT2D eigenvalue weighted by molar-refractivity contribution is 0.590. The lowest BCUT2D eigenvalue weighted by atomic mass is 9.87. The topological polar surface area (TPSA) is 25.8 Å². The first-order valence-electron chi connectivity index (χ1n) is 5.67. The Labute approximate surface area is 124 Å². The molecule has 4 heteroatoms. The molecule has 0 unspecified atom stereocenters. The molecule has 0 fully saturated rings. The van der Waals surface area contributed by atoms with Crippen LogP contribution in [0.4, 0.5) is 0 Å². The molecule has 94 valence electrons. The van der Waals surface area contributed by atoms with E-state index < -0.39 is 0 Å². The van der Waals surface area contributed by atoms with Gasteiger partial charge in [0.2, 0.25) is 0 Å². The highest BCUT2D eigenvalue weighted by Crippen LogP contribution is 2.26. The Morgan fingerprint density at radius 2 is 1.39 bits per heavy atom. The molecule has 0 aliphatic carbocycles. The first-order valence-corrected chi connectivity index (χ1v) is 7.26. The van der Waals surface area contributed by atoms with Gasteiger partial charge in [-0.3, -0.25) is 0 Å². The predicted octanol–water partition coefficient (Wildman–Crippen LogP) is 4.97. The van der Waals surface area contributed by atoms with E-state index in [-0.39, 0.29) is 5.41 Å². The normalized spacial score (nSPS) is 11.6. The molecule has 0 aliphatic rings. The summed E-state index contributed by atoms with van der Waals surface area (Å²) in [5.41, 5.74) is 2.49. The van der Waals surface area contributed by atoms with Crippen LogP contribution in [-0.4, -0.2) is 9.97 Å². The summed E-state index contributed by atoms with van der Waals surface area (Å²) in [6.45, 7) is 6.61. The van der Waals surface area contributed by atoms with Crippen molar-refractivity contribution < 1.29 is 0 Å². The van der Waals surface area contributed by atoms with E-state index in [1.807, 2.05) is 6.07 Å². The van der Waals surface area contributed by atoms with Crippen molar-refractivity contribution in [2.24, 2.45) is 0 Å². The summed E-state index contributed by atoms with van der Waals surface area (Å²) < 4.78 is 1.55. The fraction of sp³-hybridized carbons (Fsp3) is 0.286. The van der Waals surface area contributed by atoms with Crippen LogP contribution < -0.4 is 0 Å². The van der Waals surface area contributed by atoms with Crippen molar-refractivity contribution in [3.05, 3.63) is 45.1 Å². The Hall–Kier alpha value is -0.740. The number of aromatic nitrogens is 2. The highest BCUT2D eigenvalue weighted by Gasteiger charge is 2.13. The minimum absolute atomic E-state index is 0.164. The first-order chi connectivity index (χ1) is 8.36. The van der Waals surface area contributed by atoms with E-state index in [4.69, 9.17) is 0 Å². The maximum Gasteiger partial charge on any atom is 0.161 e. The summed E-state index contributed by atoms with van der Waals surface area (Å²) in [5.74, 6) is 0.719. The third-order valence-corrected chi connectivity index (χ3v) is 3.49. The van der Waals surface area contributed by atoms with Gasteiger partial charge in [0, 0.05) is 11.6 Å². The van der Waals surface area contributed by atoms with Crippen molar-refractivity contribution in [1.29, 1.82) is 0 Å². The lowest BCUT2D eigenvalue weighted by Crippen LogP contribution is -2.10. The third-order valence-electron chi connectivity index (χ3n) is 2.67. The summed E-state index contributed by atoms with van der Waals surface area (Å²) in [4.78, 5) is 8.74. The number of hydrogen-bond acceptors (Lipinski definition) is 2. The SMILES string of the molecule is CC(C)(C)c1ccc(-c2nc(Br)cc(Br)n2)cc1. The van der Waals surface area contributed by atoms with Crippen LogP contribution in [0.3, 0.4) is 0 Å². The second-order valence-corrected chi connectivity index (χ2v) is 6.79. The van der Waals surface area contributed by atoms with Gasteiger partial charge in [-0.15, -0.1) is 0 Å². The Kier molecular flexibility index (Phi) is 3.87. The number of benzene rings is 1. The van der Waals surface area contributed by atoms with Crippen molar-refractivity contribution in [2.75, 3.05) is 0 Å². The molecule has 0 amide bonds. The molecule has 1 aromatic carbocycles. The average molecular weight is 370 g/mol. The van der Waals surface area contributed by atoms with Crippen LogP contribution in [0, 0.1) is 0 Å². The Morgan fingerprint density at radius 3 is 1.83 bits per heavy atom. The Morgan fingerprint density at radius 1 is 0.889 bits per heavy atom. The van der Waals surface area contributed by atoms with Crippen LogP contribution in [0.15, 0.2) is 39.5 Å². The molecule has 0 saturated heterocycles. The van der Waals surface area contributed by atoms with E-state index in [1.165, 1.54) is 5.56 Å². The number of hydrogen-bond donors (Lipinski definition) is 0. The first kappa shape index (κ1) is 13.7. The standard InChI is InChI=1S/C14H14Br2N2/c1-14(2,3)10-6-4-9(5-7-10)13-17-11(15)8-12(16)18-13/h4-8H,1-3H3. The molecule has 0 saturated carbocycles. The Balaban J connectivity index is 2.40. The van der Waals surface area contributed by atoms with Crippen LogP contribution >= 0.6 is 31.9 Å². The molecule has 1 aromatic heterocycles. The van der Waals surface area contributed by atoms with Crippen molar-refractivity contribution in [3.8, 4) is 11.4 Å². The molecular formula is C14H14Br2N2. The molecule has 0 bridgehead atoms. The van der Waals surface area contributed by atoms with Crippen molar-refractivity contribution in [1.82, 2.24) is 9.97 Å². The second-order valence-electron chi connectivity index (χ2n) is 5.16. The lowest BCUT2D eigenvalue weighted by Gasteiger charge is -2.19. The van der Waals surface area contributed by atoms with Crippen LogP contribution in [0.25, 0.3) is 11.4 Å². The van der Waals surface area contributed by atoms with E-state index >= 15 is 0 Å². The maximum atomic E-state index is 4.37. The van der Waals surface area contributed by atoms with E-state index in [0.29, 0.717) is 0 Å². The fourth-order valence-electron chi connectivity index (χ4n) is 1.64. The minimum Gasteiger partial charge on any atom is -0.221 e. The molecule has 0 spiro atoms. The van der Waals surface area contributed by atoms with Crippen LogP contribution in [-0.2, 0) is 5.41 Å². The number of nitrogens with zero attached hydrogens (tertiary/aromatic N) is 2. The van der Waals surface area contributed by atoms with Gasteiger partial charge in [0.15, 0.2) is 5.82 Å². The van der Waals surface area contributed by atoms with E-state index in [2.05, 4.69) is 86.9 Å². The van der Waals surface area contributed by atoms with Gasteiger partial charge in [0.05, 0.1) is 0 Å². The van der Waals surface area contributed by atoms with E-state index in [1.54, 1.807) is 0 Å². The van der Waals surface area contributed by atoms with Gasteiger partial charge in [-0.05, 0) is 42.8 Å². The van der Waals surface area contributed by atoms with Gasteiger partial charge in [0.1, 0.15) is 9.21 Å². The molecule has 2 nitrogen and oxygen atoms in total. The molecule has 1 heterocycles. The minimum atomic E-state index is 0.164. The van der Waals surface area contributed by atoms with Crippen LogP contribution in [0.5, 0.6) is 0 Å². The van der Waals surface area contributed by atoms with Crippen molar-refractivity contribution >= 4 is 31.9 Å². The summed E-state index contributed by atoms with van der Waals surface area (Å²) >= 11 is 6.75. The van der Waals surface area contributed by atoms with E-state index in [9.17, 15) is 0 Å². The van der Waals surface area contributed by atoms with Crippen LogP contribution in [0.1, 0.15) is 26.3 Å². The maximum absolute atomic E-state index is 4.37. The third kappa shape index (κ3) is 3.18. The molecular weight excluding hydrogens is 356 g/mol. The monoisotopic (exact) mass is 368 g/mol. The largest absolute Gasteiger partial charge is 0.221 e. The van der Waals surface area contributed by atoms with Gasteiger partial charge >= 0.3 is 0 Å². The summed E-state index contributed by atoms with van der Waals surface area (Å²) in [5, 5.41) is 0. The number of rotatable bonds is 1. The van der Waals surface area contributed by atoms with Gasteiger partial charge in [-0.25, -0.2) is 9.97 Å². The summed E-state index contributed by atoms with van der Waals surface area (Å²) in [7, 11) is 0. The zero-order chi connectivity index (χ0) is 13.3. The van der Waals surface area contributed by atoms with Gasteiger partial charge in [-0.2, -0.15) is 0 Å². The van der Waals surface area contributed by atoms with Gasteiger partial charge in [0.25, 0.3) is 0 Å². The molecule has 0 radical (unpaired) electrons. The molecule has 2 aromatic rings. The highest BCUT2D eigenvalue weighted by molar-refractivity contribution is 9.11. The smallest absolute Gasteiger partial charge is 0.161 e. The van der Waals surface area contributed by atoms with Gasteiger partial charge in [-0.1, -0.05) is 45.0 Å². The van der Waals surface area contributed by atoms with Crippen LogP contribution in [0.2, 0.25) is 0 Å². The molecule has 0 atom stereocenters. The highest BCUT2D eigenvalue weighted by atomic mass is 79.9. The summed E-state index contributed by atoms with van der Waals surface area (Å²) in [6.07, 6.45) is 0. The molecule has 0 aliphatic heterocycles. The predicted molar refractivity (Wildman–Crippen MR) is 81.6 cm³/mol. The molecule has 2 rings (SSSR count). The molecule has 0 N–H and O–H groups in total.